The van der Waals surface area contributed by atoms with Crippen molar-refractivity contribution in [2.45, 2.75) is 26.0 Å². The zero-order valence-electron chi connectivity index (χ0n) is 12.2. The summed E-state index contributed by atoms with van der Waals surface area (Å²) in [4.78, 5) is 3.30. The molecule has 108 valence electrons. The van der Waals surface area contributed by atoms with E-state index < -0.39 is 0 Å². The molecule has 0 bridgehead atoms. The van der Waals surface area contributed by atoms with Gasteiger partial charge in [0.25, 0.3) is 0 Å². The van der Waals surface area contributed by atoms with E-state index in [2.05, 4.69) is 23.2 Å². The van der Waals surface area contributed by atoms with Crippen LogP contribution in [0.25, 0.3) is 10.9 Å². The van der Waals surface area contributed by atoms with Gasteiger partial charge in [-0.05, 0) is 36.6 Å². The van der Waals surface area contributed by atoms with Crippen molar-refractivity contribution in [3.05, 3.63) is 65.9 Å². The molecule has 0 aliphatic carbocycles. The van der Waals surface area contributed by atoms with Gasteiger partial charge in [0, 0.05) is 23.1 Å². The SMILES string of the molecule is C[C@@H](N)Cc1c[nH]c2cccc(OCc3ccccc3)c12. The van der Waals surface area contributed by atoms with Crippen LogP contribution in [0.3, 0.4) is 0 Å². The first kappa shape index (κ1) is 13.7. The molecule has 0 aliphatic heterocycles. The quantitative estimate of drug-likeness (QED) is 0.749. The molecule has 0 radical (unpaired) electrons. The van der Waals surface area contributed by atoms with Gasteiger partial charge in [0.1, 0.15) is 12.4 Å². The lowest BCUT2D eigenvalue weighted by atomic mass is 10.1. The van der Waals surface area contributed by atoms with E-state index in [-0.39, 0.29) is 6.04 Å². The number of H-pyrrole nitrogens is 1. The normalized spacial score (nSPS) is 12.5. The van der Waals surface area contributed by atoms with Gasteiger partial charge in [0.2, 0.25) is 0 Å². The summed E-state index contributed by atoms with van der Waals surface area (Å²) in [6, 6.07) is 16.4. The van der Waals surface area contributed by atoms with Crippen LogP contribution in [0.2, 0.25) is 0 Å². The molecular formula is C18H20N2O. The van der Waals surface area contributed by atoms with Gasteiger partial charge in [-0.25, -0.2) is 0 Å². The number of ether oxygens (including phenoxy) is 1. The van der Waals surface area contributed by atoms with Gasteiger partial charge in [-0.1, -0.05) is 36.4 Å². The van der Waals surface area contributed by atoms with Crippen molar-refractivity contribution in [3.63, 3.8) is 0 Å². The zero-order valence-corrected chi connectivity index (χ0v) is 12.2. The Morgan fingerprint density at radius 3 is 2.67 bits per heavy atom. The number of hydrogen-bond donors (Lipinski definition) is 2. The maximum absolute atomic E-state index is 6.03. The molecule has 3 N–H and O–H groups in total. The standard InChI is InChI=1S/C18H20N2O/c1-13(19)10-15-11-20-16-8-5-9-17(18(15)16)21-12-14-6-3-2-4-7-14/h2-9,11,13,20H,10,12,19H2,1H3/t13-/m1/s1. The topological polar surface area (TPSA) is 51.0 Å². The minimum Gasteiger partial charge on any atom is -0.488 e. The van der Waals surface area contributed by atoms with Crippen LogP contribution in [0.15, 0.2) is 54.7 Å². The predicted molar refractivity (Wildman–Crippen MR) is 86.4 cm³/mol. The number of benzene rings is 2. The molecule has 0 saturated heterocycles. The van der Waals surface area contributed by atoms with Crippen molar-refractivity contribution in [2.24, 2.45) is 5.73 Å². The third-order valence-corrected chi connectivity index (χ3v) is 3.53. The van der Waals surface area contributed by atoms with E-state index in [1.54, 1.807) is 0 Å². The molecule has 21 heavy (non-hydrogen) atoms. The van der Waals surface area contributed by atoms with E-state index in [4.69, 9.17) is 10.5 Å². The van der Waals surface area contributed by atoms with E-state index in [9.17, 15) is 0 Å². The number of aromatic nitrogens is 1. The highest BCUT2D eigenvalue weighted by atomic mass is 16.5. The Morgan fingerprint density at radius 1 is 1.10 bits per heavy atom. The molecule has 0 unspecified atom stereocenters. The van der Waals surface area contributed by atoms with E-state index in [0.29, 0.717) is 6.61 Å². The number of hydrogen-bond acceptors (Lipinski definition) is 2. The van der Waals surface area contributed by atoms with Gasteiger partial charge in [-0.15, -0.1) is 0 Å². The monoisotopic (exact) mass is 280 g/mol. The summed E-state index contributed by atoms with van der Waals surface area (Å²) in [6.45, 7) is 2.59. The number of nitrogens with one attached hydrogen (secondary N) is 1. The van der Waals surface area contributed by atoms with Crippen molar-refractivity contribution in [1.29, 1.82) is 0 Å². The fraction of sp³-hybridized carbons (Fsp3) is 0.222. The van der Waals surface area contributed by atoms with E-state index in [0.717, 1.165) is 23.1 Å². The second-order valence-corrected chi connectivity index (χ2v) is 5.45. The van der Waals surface area contributed by atoms with Crippen LogP contribution in [-0.2, 0) is 13.0 Å². The van der Waals surface area contributed by atoms with Crippen LogP contribution < -0.4 is 10.5 Å². The van der Waals surface area contributed by atoms with Crippen LogP contribution in [0.5, 0.6) is 5.75 Å². The van der Waals surface area contributed by atoms with Crippen molar-refractivity contribution in [2.75, 3.05) is 0 Å². The molecule has 3 aromatic rings. The Balaban J connectivity index is 1.89. The molecule has 0 spiro atoms. The minimum absolute atomic E-state index is 0.131. The third-order valence-electron chi connectivity index (χ3n) is 3.53. The molecule has 0 amide bonds. The van der Waals surface area contributed by atoms with E-state index in [1.807, 2.05) is 43.5 Å². The first-order valence-electron chi connectivity index (χ1n) is 7.25. The summed E-state index contributed by atoms with van der Waals surface area (Å²) in [6.07, 6.45) is 2.87. The van der Waals surface area contributed by atoms with Crippen molar-refractivity contribution >= 4 is 10.9 Å². The average molecular weight is 280 g/mol. The summed E-state index contributed by atoms with van der Waals surface area (Å²) in [5.74, 6) is 0.910. The maximum atomic E-state index is 6.03. The highest BCUT2D eigenvalue weighted by Crippen LogP contribution is 2.30. The molecule has 1 aromatic heterocycles. The van der Waals surface area contributed by atoms with E-state index in [1.165, 1.54) is 11.1 Å². The lowest BCUT2D eigenvalue weighted by Crippen LogP contribution is -2.17. The largest absolute Gasteiger partial charge is 0.488 e. The Kier molecular flexibility index (Phi) is 3.93. The fourth-order valence-corrected chi connectivity index (χ4v) is 2.58. The molecular weight excluding hydrogens is 260 g/mol. The fourth-order valence-electron chi connectivity index (χ4n) is 2.58. The van der Waals surface area contributed by atoms with Crippen LogP contribution in [-0.4, -0.2) is 11.0 Å². The smallest absolute Gasteiger partial charge is 0.129 e. The molecule has 3 rings (SSSR count). The van der Waals surface area contributed by atoms with Gasteiger partial charge in [0.05, 0.1) is 0 Å². The van der Waals surface area contributed by atoms with Crippen LogP contribution >= 0.6 is 0 Å². The van der Waals surface area contributed by atoms with Crippen LogP contribution in [0.4, 0.5) is 0 Å². The highest BCUT2D eigenvalue weighted by Gasteiger charge is 2.11. The Bertz CT molecular complexity index is 716. The molecule has 0 saturated carbocycles. The van der Waals surface area contributed by atoms with Crippen LogP contribution in [0.1, 0.15) is 18.1 Å². The molecule has 1 atom stereocenters. The maximum Gasteiger partial charge on any atom is 0.129 e. The number of aromatic amines is 1. The molecule has 2 aromatic carbocycles. The Labute approximate surface area is 124 Å². The van der Waals surface area contributed by atoms with Crippen molar-refractivity contribution in [1.82, 2.24) is 4.98 Å². The Hall–Kier alpha value is -2.26. The molecule has 0 aliphatic rings. The third kappa shape index (κ3) is 3.09. The lowest BCUT2D eigenvalue weighted by Gasteiger charge is -2.10. The second-order valence-electron chi connectivity index (χ2n) is 5.45. The van der Waals surface area contributed by atoms with Crippen molar-refractivity contribution < 1.29 is 4.74 Å². The van der Waals surface area contributed by atoms with Gasteiger partial charge >= 0.3 is 0 Å². The second kappa shape index (κ2) is 6.02. The summed E-state index contributed by atoms with van der Waals surface area (Å²) < 4.78 is 6.03. The Morgan fingerprint density at radius 2 is 1.90 bits per heavy atom. The van der Waals surface area contributed by atoms with Gasteiger partial charge in [0.15, 0.2) is 0 Å². The van der Waals surface area contributed by atoms with Gasteiger partial charge < -0.3 is 15.5 Å². The van der Waals surface area contributed by atoms with E-state index >= 15 is 0 Å². The summed E-state index contributed by atoms with van der Waals surface area (Å²) in [5.41, 5.74) is 9.41. The summed E-state index contributed by atoms with van der Waals surface area (Å²) in [5, 5.41) is 1.14. The number of fused-ring (bicyclic) bond motifs is 1. The zero-order chi connectivity index (χ0) is 14.7. The van der Waals surface area contributed by atoms with Gasteiger partial charge in [-0.2, -0.15) is 0 Å². The summed E-state index contributed by atoms with van der Waals surface area (Å²) >= 11 is 0. The predicted octanol–water partition coefficient (Wildman–Crippen LogP) is 3.64. The van der Waals surface area contributed by atoms with Crippen molar-refractivity contribution in [3.8, 4) is 5.75 Å². The van der Waals surface area contributed by atoms with Gasteiger partial charge in [-0.3, -0.25) is 0 Å². The summed E-state index contributed by atoms with van der Waals surface area (Å²) in [7, 11) is 0. The number of nitrogens with two attached hydrogens (primary N) is 1. The molecule has 3 nitrogen and oxygen atoms in total. The number of rotatable bonds is 5. The lowest BCUT2D eigenvalue weighted by molar-refractivity contribution is 0.310. The highest BCUT2D eigenvalue weighted by molar-refractivity contribution is 5.89. The minimum atomic E-state index is 0.131. The average Bonchev–Trinajstić information content (AvgIpc) is 2.89. The first-order chi connectivity index (χ1) is 10.2. The molecule has 3 heteroatoms. The molecule has 0 fully saturated rings. The molecule has 1 heterocycles. The van der Waals surface area contributed by atoms with Crippen LogP contribution in [0, 0.1) is 0 Å². The first-order valence-corrected chi connectivity index (χ1v) is 7.25.